The fourth-order valence-corrected chi connectivity index (χ4v) is 2.41. The Morgan fingerprint density at radius 2 is 1.59 bits per heavy atom. The Bertz CT molecular complexity index is 690. The zero-order chi connectivity index (χ0) is 19.3. The maximum Gasteiger partial charge on any atom is 0.345 e. The number of methoxy groups -OCH3 is 1. The van der Waals surface area contributed by atoms with Crippen molar-refractivity contribution in [2.45, 2.75) is 25.6 Å². The highest BCUT2D eigenvalue weighted by molar-refractivity contribution is 6.00. The molecule has 2 aromatic carbocycles. The predicted molar refractivity (Wildman–Crippen MR) is 101 cm³/mol. The first-order valence-corrected chi connectivity index (χ1v) is 8.83. The lowest BCUT2D eigenvalue weighted by Gasteiger charge is -2.16. The van der Waals surface area contributed by atoms with Crippen molar-refractivity contribution in [1.82, 2.24) is 5.32 Å². The SMILES string of the molecule is COCNC(=O)C(OCCCc1ccccc1)C(=O)OCc1ccccc1. The summed E-state index contributed by atoms with van der Waals surface area (Å²) in [6, 6.07) is 19.2. The van der Waals surface area contributed by atoms with Crippen LogP contribution in [0.1, 0.15) is 17.5 Å². The molecule has 0 aliphatic rings. The van der Waals surface area contributed by atoms with E-state index in [0.29, 0.717) is 6.42 Å². The maximum absolute atomic E-state index is 12.3. The highest BCUT2D eigenvalue weighted by atomic mass is 16.6. The summed E-state index contributed by atoms with van der Waals surface area (Å²) in [5, 5.41) is 2.48. The van der Waals surface area contributed by atoms with Crippen LogP contribution < -0.4 is 5.32 Å². The molecule has 0 saturated heterocycles. The molecule has 144 valence electrons. The molecule has 0 heterocycles. The van der Waals surface area contributed by atoms with Crippen molar-refractivity contribution in [3.63, 3.8) is 0 Å². The van der Waals surface area contributed by atoms with Gasteiger partial charge in [0.05, 0.1) is 0 Å². The number of hydrogen-bond donors (Lipinski definition) is 1. The van der Waals surface area contributed by atoms with E-state index in [9.17, 15) is 9.59 Å². The summed E-state index contributed by atoms with van der Waals surface area (Å²) in [7, 11) is 1.45. The first kappa shape index (κ1) is 20.6. The molecule has 1 unspecified atom stereocenters. The zero-order valence-corrected chi connectivity index (χ0v) is 15.4. The highest BCUT2D eigenvalue weighted by Gasteiger charge is 2.29. The molecule has 27 heavy (non-hydrogen) atoms. The number of carbonyl (C=O) groups is 2. The van der Waals surface area contributed by atoms with Gasteiger partial charge in [-0.1, -0.05) is 60.7 Å². The van der Waals surface area contributed by atoms with E-state index in [0.717, 1.165) is 12.0 Å². The minimum Gasteiger partial charge on any atom is -0.458 e. The Morgan fingerprint density at radius 3 is 2.22 bits per heavy atom. The predicted octanol–water partition coefficient (Wildman–Crippen LogP) is 2.47. The van der Waals surface area contributed by atoms with E-state index in [2.05, 4.69) is 5.32 Å². The van der Waals surface area contributed by atoms with Crippen LogP contribution in [-0.2, 0) is 36.8 Å². The first-order valence-electron chi connectivity index (χ1n) is 8.83. The summed E-state index contributed by atoms with van der Waals surface area (Å²) >= 11 is 0. The zero-order valence-electron chi connectivity index (χ0n) is 15.4. The summed E-state index contributed by atoms with van der Waals surface area (Å²) in [6.07, 6.45) is 0.163. The smallest absolute Gasteiger partial charge is 0.345 e. The number of aryl methyl sites for hydroxylation is 1. The van der Waals surface area contributed by atoms with Gasteiger partial charge in [0, 0.05) is 13.7 Å². The quantitative estimate of drug-likeness (QED) is 0.284. The molecule has 2 rings (SSSR count). The Morgan fingerprint density at radius 1 is 0.963 bits per heavy atom. The summed E-state index contributed by atoms with van der Waals surface area (Å²) < 4.78 is 15.6. The van der Waals surface area contributed by atoms with Crippen molar-refractivity contribution in [2.24, 2.45) is 0 Å². The minimum atomic E-state index is -1.32. The highest BCUT2D eigenvalue weighted by Crippen LogP contribution is 2.07. The number of rotatable bonds is 11. The second kappa shape index (κ2) is 11.8. The van der Waals surface area contributed by atoms with Gasteiger partial charge >= 0.3 is 5.97 Å². The van der Waals surface area contributed by atoms with Crippen molar-refractivity contribution in [1.29, 1.82) is 0 Å². The molecule has 2 aromatic rings. The summed E-state index contributed by atoms with van der Waals surface area (Å²) in [4.78, 5) is 24.5. The molecule has 1 N–H and O–H groups in total. The van der Waals surface area contributed by atoms with Crippen LogP contribution in [-0.4, -0.2) is 38.4 Å². The van der Waals surface area contributed by atoms with Crippen LogP contribution in [0.3, 0.4) is 0 Å². The molecule has 0 spiro atoms. The molecule has 1 atom stereocenters. The van der Waals surface area contributed by atoms with Gasteiger partial charge in [0.1, 0.15) is 13.3 Å². The van der Waals surface area contributed by atoms with Gasteiger partial charge in [0.25, 0.3) is 5.91 Å². The number of nitrogens with one attached hydrogen (secondary N) is 1. The average molecular weight is 371 g/mol. The topological polar surface area (TPSA) is 73.9 Å². The molecule has 0 radical (unpaired) electrons. The fourth-order valence-electron chi connectivity index (χ4n) is 2.41. The number of esters is 1. The molecule has 0 bridgehead atoms. The van der Waals surface area contributed by atoms with Gasteiger partial charge in [-0.15, -0.1) is 0 Å². The van der Waals surface area contributed by atoms with E-state index in [1.54, 1.807) is 0 Å². The molecule has 0 fully saturated rings. The molecule has 6 heteroatoms. The largest absolute Gasteiger partial charge is 0.458 e. The summed E-state index contributed by atoms with van der Waals surface area (Å²) in [6.45, 7) is 0.343. The number of ether oxygens (including phenoxy) is 3. The van der Waals surface area contributed by atoms with Crippen molar-refractivity contribution < 1.29 is 23.8 Å². The van der Waals surface area contributed by atoms with E-state index in [1.165, 1.54) is 12.7 Å². The normalized spacial score (nSPS) is 11.6. The first-order chi connectivity index (χ1) is 13.2. The van der Waals surface area contributed by atoms with Crippen LogP contribution in [0.4, 0.5) is 0 Å². The van der Waals surface area contributed by atoms with E-state index in [4.69, 9.17) is 14.2 Å². The van der Waals surface area contributed by atoms with Gasteiger partial charge in [0.2, 0.25) is 6.10 Å². The number of benzene rings is 2. The third-order valence-electron chi connectivity index (χ3n) is 3.80. The molecule has 0 aromatic heterocycles. The van der Waals surface area contributed by atoms with Crippen molar-refractivity contribution >= 4 is 11.9 Å². The monoisotopic (exact) mass is 371 g/mol. The third-order valence-corrected chi connectivity index (χ3v) is 3.80. The van der Waals surface area contributed by atoms with Crippen LogP contribution in [0, 0.1) is 0 Å². The van der Waals surface area contributed by atoms with Crippen molar-refractivity contribution in [3.05, 3.63) is 71.8 Å². The molecule has 1 amide bonds. The third kappa shape index (κ3) is 7.60. The fraction of sp³-hybridized carbons (Fsp3) is 0.333. The number of carbonyl (C=O) groups excluding carboxylic acids is 2. The van der Waals surface area contributed by atoms with Gasteiger partial charge in [-0.25, -0.2) is 4.79 Å². The summed E-state index contributed by atoms with van der Waals surface area (Å²) in [5.74, 6) is -1.29. The summed E-state index contributed by atoms with van der Waals surface area (Å²) in [5.41, 5.74) is 2.01. The molecule has 6 nitrogen and oxygen atoms in total. The second-order valence-electron chi connectivity index (χ2n) is 5.91. The second-order valence-corrected chi connectivity index (χ2v) is 5.91. The van der Waals surface area contributed by atoms with Gasteiger partial charge in [-0.2, -0.15) is 0 Å². The van der Waals surface area contributed by atoms with Gasteiger partial charge in [0.15, 0.2) is 0 Å². The minimum absolute atomic E-state index is 0.00528. The van der Waals surface area contributed by atoms with Crippen LogP contribution in [0.25, 0.3) is 0 Å². The van der Waals surface area contributed by atoms with Crippen molar-refractivity contribution in [2.75, 3.05) is 20.4 Å². The van der Waals surface area contributed by atoms with E-state index in [-0.39, 0.29) is 19.9 Å². The number of hydrogen-bond acceptors (Lipinski definition) is 5. The molecule has 0 aliphatic heterocycles. The van der Waals surface area contributed by atoms with Crippen LogP contribution in [0.2, 0.25) is 0 Å². The number of amides is 1. The molecular formula is C21H25NO5. The van der Waals surface area contributed by atoms with E-state index < -0.39 is 18.0 Å². The van der Waals surface area contributed by atoms with Crippen LogP contribution in [0.15, 0.2) is 60.7 Å². The van der Waals surface area contributed by atoms with Gasteiger partial charge < -0.3 is 19.5 Å². The Balaban J connectivity index is 1.85. The lowest BCUT2D eigenvalue weighted by Crippen LogP contribution is -2.43. The standard InChI is InChI=1S/C21H25NO5/c1-25-16-22-20(23)19(21(24)27-15-18-11-6-3-7-12-18)26-14-8-13-17-9-4-2-5-10-17/h2-7,9-12,19H,8,13-16H2,1H3,(H,22,23). The Kier molecular flexibility index (Phi) is 9.03. The average Bonchev–Trinajstić information content (AvgIpc) is 2.72. The lowest BCUT2D eigenvalue weighted by atomic mass is 10.1. The van der Waals surface area contributed by atoms with Gasteiger partial charge in [-0.3, -0.25) is 4.79 Å². The van der Waals surface area contributed by atoms with E-state index >= 15 is 0 Å². The Hall–Kier alpha value is -2.70. The Labute approximate surface area is 159 Å². The molecular weight excluding hydrogens is 346 g/mol. The molecule has 0 saturated carbocycles. The van der Waals surface area contributed by atoms with Gasteiger partial charge in [-0.05, 0) is 24.0 Å². The van der Waals surface area contributed by atoms with Crippen molar-refractivity contribution in [3.8, 4) is 0 Å². The van der Waals surface area contributed by atoms with E-state index in [1.807, 2.05) is 60.7 Å². The lowest BCUT2D eigenvalue weighted by molar-refractivity contribution is -0.164. The van der Waals surface area contributed by atoms with Crippen LogP contribution >= 0.6 is 0 Å². The maximum atomic E-state index is 12.3. The van der Waals surface area contributed by atoms with Crippen LogP contribution in [0.5, 0.6) is 0 Å². The molecule has 0 aliphatic carbocycles.